The number of nitrogens with zero attached hydrogens (tertiary/aromatic N) is 1. The molecule has 2 N–H and O–H groups in total. The van der Waals surface area contributed by atoms with Gasteiger partial charge in [-0.25, -0.2) is 4.79 Å². The number of nitrogens with one attached hydrogen (secondary N) is 1. The quantitative estimate of drug-likeness (QED) is 0.890. The first-order valence-electron chi connectivity index (χ1n) is 6.28. The summed E-state index contributed by atoms with van der Waals surface area (Å²) in [5, 5.41) is 11.9. The van der Waals surface area contributed by atoms with Gasteiger partial charge in [0, 0.05) is 22.8 Å². The number of aliphatic carboxylic acids is 1. The fourth-order valence-corrected chi connectivity index (χ4v) is 3.14. The van der Waals surface area contributed by atoms with Crippen molar-refractivity contribution in [3.8, 4) is 0 Å². The van der Waals surface area contributed by atoms with E-state index in [0.29, 0.717) is 19.6 Å². The molecule has 19 heavy (non-hydrogen) atoms. The van der Waals surface area contributed by atoms with Crippen LogP contribution in [0.3, 0.4) is 0 Å². The fourth-order valence-electron chi connectivity index (χ4n) is 2.31. The molecular formula is C13H18N2O3S. The molecule has 104 valence electrons. The molecule has 2 rings (SSSR count). The fraction of sp³-hybridized carbons (Fsp3) is 0.538. The lowest BCUT2D eigenvalue weighted by Crippen LogP contribution is -2.38. The van der Waals surface area contributed by atoms with Gasteiger partial charge in [-0.2, -0.15) is 0 Å². The van der Waals surface area contributed by atoms with Crippen molar-refractivity contribution >= 4 is 23.3 Å². The van der Waals surface area contributed by atoms with Crippen LogP contribution in [-0.4, -0.2) is 35.1 Å². The SMILES string of the molecule is Cc1ccc(CNC(=O)N2CC(C)C(C(=O)O)C2)s1. The second-order valence-electron chi connectivity index (χ2n) is 5.00. The summed E-state index contributed by atoms with van der Waals surface area (Å²) in [6, 6.07) is 3.83. The predicted molar refractivity (Wildman–Crippen MR) is 73.2 cm³/mol. The number of carbonyl (C=O) groups excluding carboxylic acids is 1. The molecule has 0 aliphatic carbocycles. The molecule has 2 atom stereocenters. The molecule has 2 amide bonds. The zero-order valence-electron chi connectivity index (χ0n) is 11.0. The number of aryl methyl sites for hydroxylation is 1. The van der Waals surface area contributed by atoms with E-state index in [0.717, 1.165) is 4.88 Å². The summed E-state index contributed by atoms with van der Waals surface area (Å²) in [6.45, 7) is 5.20. The van der Waals surface area contributed by atoms with Crippen LogP contribution >= 0.6 is 11.3 Å². The first kappa shape index (κ1) is 13.9. The van der Waals surface area contributed by atoms with Gasteiger partial charge in [-0.3, -0.25) is 4.79 Å². The zero-order chi connectivity index (χ0) is 14.0. The molecule has 1 aromatic rings. The van der Waals surface area contributed by atoms with Crippen molar-refractivity contribution in [2.75, 3.05) is 13.1 Å². The average molecular weight is 282 g/mol. The molecule has 5 nitrogen and oxygen atoms in total. The Balaban J connectivity index is 1.86. The van der Waals surface area contributed by atoms with Gasteiger partial charge in [0.15, 0.2) is 0 Å². The summed E-state index contributed by atoms with van der Waals surface area (Å²) in [7, 11) is 0. The molecular weight excluding hydrogens is 264 g/mol. The Morgan fingerprint density at radius 2 is 2.21 bits per heavy atom. The maximum Gasteiger partial charge on any atom is 0.317 e. The van der Waals surface area contributed by atoms with Crippen LogP contribution in [0, 0.1) is 18.8 Å². The maximum absolute atomic E-state index is 12.0. The first-order valence-corrected chi connectivity index (χ1v) is 7.10. The van der Waals surface area contributed by atoms with Crippen LogP contribution in [0.25, 0.3) is 0 Å². The van der Waals surface area contributed by atoms with E-state index < -0.39 is 11.9 Å². The Morgan fingerprint density at radius 1 is 1.47 bits per heavy atom. The van der Waals surface area contributed by atoms with Gasteiger partial charge in [0.2, 0.25) is 0 Å². The third-order valence-corrected chi connectivity index (χ3v) is 4.43. The highest BCUT2D eigenvalue weighted by atomic mass is 32.1. The van der Waals surface area contributed by atoms with Gasteiger partial charge < -0.3 is 15.3 Å². The molecule has 1 aliphatic rings. The molecule has 1 aromatic heterocycles. The number of hydrogen-bond acceptors (Lipinski definition) is 3. The summed E-state index contributed by atoms with van der Waals surface area (Å²) in [4.78, 5) is 26.9. The van der Waals surface area contributed by atoms with E-state index in [9.17, 15) is 9.59 Å². The maximum atomic E-state index is 12.0. The molecule has 6 heteroatoms. The Labute approximate surface area is 116 Å². The Hall–Kier alpha value is -1.56. The lowest BCUT2D eigenvalue weighted by atomic mass is 9.99. The number of carboxylic acid groups (broad SMARTS) is 1. The van der Waals surface area contributed by atoms with Gasteiger partial charge in [-0.05, 0) is 25.0 Å². The zero-order valence-corrected chi connectivity index (χ0v) is 11.9. The van der Waals surface area contributed by atoms with E-state index in [4.69, 9.17) is 5.11 Å². The Morgan fingerprint density at radius 3 is 2.74 bits per heavy atom. The number of urea groups is 1. The summed E-state index contributed by atoms with van der Waals surface area (Å²) >= 11 is 1.65. The van der Waals surface area contributed by atoms with Gasteiger partial charge in [0.1, 0.15) is 0 Å². The Bertz CT molecular complexity index is 486. The molecule has 0 bridgehead atoms. The van der Waals surface area contributed by atoms with Crippen LogP contribution in [0.2, 0.25) is 0 Å². The summed E-state index contributed by atoms with van der Waals surface area (Å²) in [5.41, 5.74) is 0. The largest absolute Gasteiger partial charge is 0.481 e. The average Bonchev–Trinajstić information content (AvgIpc) is 2.92. The van der Waals surface area contributed by atoms with Crippen LogP contribution in [0.4, 0.5) is 4.79 Å². The smallest absolute Gasteiger partial charge is 0.317 e. The predicted octanol–water partition coefficient (Wildman–Crippen LogP) is 1.92. The van der Waals surface area contributed by atoms with E-state index in [-0.39, 0.29) is 11.9 Å². The van der Waals surface area contributed by atoms with Gasteiger partial charge >= 0.3 is 12.0 Å². The normalized spacial score (nSPS) is 22.5. The highest BCUT2D eigenvalue weighted by Gasteiger charge is 2.36. The third kappa shape index (κ3) is 3.26. The molecule has 1 aliphatic heterocycles. The van der Waals surface area contributed by atoms with E-state index >= 15 is 0 Å². The van der Waals surface area contributed by atoms with Gasteiger partial charge in [0.25, 0.3) is 0 Å². The summed E-state index contributed by atoms with van der Waals surface area (Å²) < 4.78 is 0. The molecule has 1 fully saturated rings. The number of rotatable bonds is 3. The van der Waals surface area contributed by atoms with Crippen molar-refractivity contribution in [1.82, 2.24) is 10.2 Å². The summed E-state index contributed by atoms with van der Waals surface area (Å²) in [5.74, 6) is -1.27. The lowest BCUT2D eigenvalue weighted by molar-refractivity contribution is -0.142. The van der Waals surface area contributed by atoms with E-state index in [1.807, 2.05) is 26.0 Å². The van der Waals surface area contributed by atoms with Gasteiger partial charge in [-0.15, -0.1) is 11.3 Å². The number of carboxylic acids is 1. The molecule has 2 unspecified atom stereocenters. The molecule has 2 heterocycles. The highest BCUT2D eigenvalue weighted by Crippen LogP contribution is 2.23. The number of likely N-dealkylation sites (tertiary alicyclic amines) is 1. The summed E-state index contributed by atoms with van der Waals surface area (Å²) in [6.07, 6.45) is 0. The van der Waals surface area contributed by atoms with Crippen LogP contribution in [0.1, 0.15) is 16.7 Å². The van der Waals surface area contributed by atoms with Gasteiger partial charge in [-0.1, -0.05) is 6.92 Å². The lowest BCUT2D eigenvalue weighted by Gasteiger charge is -2.16. The van der Waals surface area contributed by atoms with Crippen LogP contribution in [-0.2, 0) is 11.3 Å². The number of thiophene rings is 1. The second-order valence-corrected chi connectivity index (χ2v) is 6.37. The van der Waals surface area contributed by atoms with Crippen LogP contribution in [0.15, 0.2) is 12.1 Å². The minimum absolute atomic E-state index is 0.00670. The third-order valence-electron chi connectivity index (χ3n) is 3.43. The number of carbonyl (C=O) groups is 2. The van der Waals surface area contributed by atoms with Crippen molar-refractivity contribution in [1.29, 1.82) is 0 Å². The van der Waals surface area contributed by atoms with E-state index in [2.05, 4.69) is 5.32 Å². The number of hydrogen-bond donors (Lipinski definition) is 2. The highest BCUT2D eigenvalue weighted by molar-refractivity contribution is 7.11. The molecule has 0 radical (unpaired) electrons. The van der Waals surface area contributed by atoms with E-state index in [1.165, 1.54) is 4.88 Å². The number of amides is 2. The van der Waals surface area contributed by atoms with Gasteiger partial charge in [0.05, 0.1) is 12.5 Å². The Kier molecular flexibility index (Phi) is 4.09. The minimum Gasteiger partial charge on any atom is -0.481 e. The first-order chi connectivity index (χ1) is 8.97. The molecule has 0 spiro atoms. The molecule has 1 saturated heterocycles. The topological polar surface area (TPSA) is 69.6 Å². The van der Waals surface area contributed by atoms with Crippen LogP contribution in [0.5, 0.6) is 0 Å². The van der Waals surface area contributed by atoms with E-state index in [1.54, 1.807) is 16.2 Å². The van der Waals surface area contributed by atoms with Crippen molar-refractivity contribution in [2.45, 2.75) is 20.4 Å². The van der Waals surface area contributed by atoms with Crippen molar-refractivity contribution < 1.29 is 14.7 Å². The molecule has 0 saturated carbocycles. The second kappa shape index (κ2) is 5.61. The molecule has 0 aromatic carbocycles. The van der Waals surface area contributed by atoms with Crippen molar-refractivity contribution in [2.24, 2.45) is 11.8 Å². The minimum atomic E-state index is -0.823. The van der Waals surface area contributed by atoms with Crippen LogP contribution < -0.4 is 5.32 Å². The standard InChI is InChI=1S/C13H18N2O3S/c1-8-6-15(7-11(8)12(16)17)13(18)14-5-10-4-3-9(2)19-10/h3-4,8,11H,5-7H2,1-2H3,(H,14,18)(H,16,17). The van der Waals surface area contributed by atoms with Crippen molar-refractivity contribution in [3.63, 3.8) is 0 Å². The van der Waals surface area contributed by atoms with Crippen molar-refractivity contribution in [3.05, 3.63) is 21.9 Å². The monoisotopic (exact) mass is 282 g/mol.